The van der Waals surface area contributed by atoms with Crippen LogP contribution in [0.2, 0.25) is 0 Å². The third kappa shape index (κ3) is 5.35. The summed E-state index contributed by atoms with van der Waals surface area (Å²) in [5.74, 6) is 1.29. The quantitative estimate of drug-likeness (QED) is 0.448. The number of hydrogen-bond donors (Lipinski definition) is 2. The van der Waals surface area contributed by atoms with Crippen LogP contribution in [0, 0.1) is 5.41 Å². The van der Waals surface area contributed by atoms with Crippen molar-refractivity contribution in [3.63, 3.8) is 0 Å². The van der Waals surface area contributed by atoms with Gasteiger partial charge in [-0.15, -0.1) is 5.73 Å². The molecule has 0 amide bonds. The lowest BCUT2D eigenvalue weighted by Gasteiger charge is -2.65. The molecule has 5 heterocycles. The number of nitrogens with zero attached hydrogens (tertiary/aromatic N) is 6. The molecule has 43 heavy (non-hydrogen) atoms. The first kappa shape index (κ1) is 32.7. The lowest BCUT2D eigenvalue weighted by atomic mass is 9.50. The van der Waals surface area contributed by atoms with Crippen molar-refractivity contribution in [2.75, 3.05) is 6.54 Å². The monoisotopic (exact) mass is 592 g/mol. The van der Waals surface area contributed by atoms with Crippen LogP contribution in [-0.2, 0) is 11.0 Å². The molecular weight excluding hydrogens is 532 g/mol. The van der Waals surface area contributed by atoms with Crippen LogP contribution < -0.4 is 16.7 Å². The molecule has 1 aromatic rings. The van der Waals surface area contributed by atoms with Gasteiger partial charge in [0.25, 0.3) is 0 Å². The van der Waals surface area contributed by atoms with Gasteiger partial charge in [0.2, 0.25) is 5.62 Å². The number of nitrogens with one attached hydrogen (secondary N) is 2. The molecular formula is C35H60N8. The minimum Gasteiger partial charge on any atom is -0.310 e. The first-order chi connectivity index (χ1) is 19.5. The number of fused-ring (bicyclic) bond motifs is 4. The van der Waals surface area contributed by atoms with Crippen LogP contribution in [0.15, 0.2) is 9.98 Å². The van der Waals surface area contributed by atoms with Gasteiger partial charge >= 0.3 is 0 Å². The second kappa shape index (κ2) is 9.93. The van der Waals surface area contributed by atoms with E-state index in [2.05, 4.69) is 105 Å². The van der Waals surface area contributed by atoms with Gasteiger partial charge in [-0.2, -0.15) is 4.98 Å². The second-order valence-corrected chi connectivity index (χ2v) is 18.5. The summed E-state index contributed by atoms with van der Waals surface area (Å²) >= 11 is 0. The van der Waals surface area contributed by atoms with Crippen molar-refractivity contribution < 1.29 is 0 Å². The largest absolute Gasteiger partial charge is 0.310 e. The average molecular weight is 593 g/mol. The Labute approximate surface area is 261 Å². The van der Waals surface area contributed by atoms with Crippen molar-refractivity contribution in [3.05, 3.63) is 17.3 Å². The molecule has 3 atom stereocenters. The standard InChI is InChI=1S/C35H60N8/c1-28(2,3)22-31(8,9)41-27-39-25-34-18-16-14-15-17-19-43(33(34,12)13)32(10,11)24(35(34,36)26(38-25)40-27)37-23-20-29(4,5)42-30(6,7)21-23/h23,42H,14-22H2,1-13H3,(H,38,39,40,41). The van der Waals surface area contributed by atoms with Crippen molar-refractivity contribution in [2.45, 2.75) is 186 Å². The van der Waals surface area contributed by atoms with E-state index in [-0.39, 0.29) is 28.1 Å². The number of H-pyrrole nitrogens is 1. The van der Waals surface area contributed by atoms with Crippen LogP contribution in [0.1, 0.15) is 153 Å². The van der Waals surface area contributed by atoms with Gasteiger partial charge in [-0.3, -0.25) is 9.89 Å². The molecule has 8 nitrogen and oxygen atoms in total. The van der Waals surface area contributed by atoms with E-state index >= 15 is 0 Å². The van der Waals surface area contributed by atoms with Crippen LogP contribution in [0.5, 0.6) is 0 Å². The Kier molecular flexibility index (Phi) is 7.56. The molecule has 4 bridgehead atoms. The molecule has 0 aliphatic carbocycles. The van der Waals surface area contributed by atoms with Crippen LogP contribution in [0.25, 0.3) is 0 Å². The van der Waals surface area contributed by atoms with E-state index in [0.717, 1.165) is 63.0 Å². The van der Waals surface area contributed by atoms with Crippen molar-refractivity contribution in [1.82, 2.24) is 30.9 Å². The Balaban J connectivity index is 1.79. The molecule has 240 valence electrons. The summed E-state index contributed by atoms with van der Waals surface area (Å²) in [6, 6.07) is 0.0808. The lowest BCUT2D eigenvalue weighted by molar-refractivity contribution is -0.0615. The first-order valence-corrected chi connectivity index (χ1v) is 16.9. The van der Waals surface area contributed by atoms with Gasteiger partial charge in [0.05, 0.1) is 28.2 Å². The minimum absolute atomic E-state index is 0.0548. The molecule has 8 heteroatoms. The third-order valence-electron chi connectivity index (χ3n) is 10.9. The zero-order valence-electron chi connectivity index (χ0n) is 29.6. The molecule has 3 unspecified atom stereocenters. The Morgan fingerprint density at radius 3 is 2.09 bits per heavy atom. The van der Waals surface area contributed by atoms with Crippen LogP contribution >= 0.6 is 0 Å². The van der Waals surface area contributed by atoms with E-state index in [1.54, 1.807) is 0 Å². The topological polar surface area (TPSA) is 104 Å². The minimum atomic E-state index is -1.41. The fraction of sp³-hybridized carbons (Fsp3) is 0.886. The summed E-state index contributed by atoms with van der Waals surface area (Å²) < 4.78 is 0. The second-order valence-electron chi connectivity index (χ2n) is 18.5. The predicted molar refractivity (Wildman–Crippen MR) is 175 cm³/mol. The molecule has 3 fully saturated rings. The van der Waals surface area contributed by atoms with Gasteiger partial charge in [-0.25, -0.2) is 9.98 Å². The highest BCUT2D eigenvalue weighted by Gasteiger charge is 2.76. The van der Waals surface area contributed by atoms with Gasteiger partial charge in [0.15, 0.2) is 5.54 Å². The van der Waals surface area contributed by atoms with Crippen molar-refractivity contribution >= 4 is 5.71 Å². The molecule has 3 saturated heterocycles. The molecule has 2 N–H and O–H groups in total. The Bertz CT molecular complexity index is 1320. The number of aliphatic imine (C=N–C) groups is 1. The molecule has 4 aliphatic heterocycles. The van der Waals surface area contributed by atoms with E-state index in [9.17, 15) is 5.73 Å². The summed E-state index contributed by atoms with van der Waals surface area (Å²) in [7, 11) is 0. The van der Waals surface area contributed by atoms with Crippen LogP contribution in [0.3, 0.4) is 0 Å². The average Bonchev–Trinajstić information content (AvgIpc) is 2.98. The fourth-order valence-corrected chi connectivity index (χ4v) is 10.3. The summed E-state index contributed by atoms with van der Waals surface area (Å²) in [6.07, 6.45) is 8.02. The van der Waals surface area contributed by atoms with E-state index in [1.807, 2.05) is 0 Å². The maximum atomic E-state index is 13.6. The smallest absolute Gasteiger partial charge is 0.225 e. The van der Waals surface area contributed by atoms with E-state index in [1.165, 1.54) is 6.42 Å². The number of aromatic nitrogens is 3. The molecule has 4 aliphatic rings. The number of rotatable bonds is 3. The van der Waals surface area contributed by atoms with Gasteiger partial charge in [0, 0.05) is 16.6 Å². The molecule has 5 rings (SSSR count). The Hall–Kier alpha value is -1.64. The zero-order chi connectivity index (χ0) is 32.1. The molecule has 1 spiro atoms. The van der Waals surface area contributed by atoms with Gasteiger partial charge in [-0.05, 0) is 113 Å². The third-order valence-corrected chi connectivity index (χ3v) is 10.9. The summed E-state index contributed by atoms with van der Waals surface area (Å²) in [5.41, 5.74) is 11.6. The molecule has 2 radical (unpaired) electrons. The summed E-state index contributed by atoms with van der Waals surface area (Å²) in [4.78, 5) is 27.3. The number of piperidine rings is 2. The predicted octanol–water partition coefficient (Wildman–Crippen LogP) is 6.02. The zero-order valence-corrected chi connectivity index (χ0v) is 29.6. The normalized spacial score (nSPS) is 34.8. The van der Waals surface area contributed by atoms with Gasteiger partial charge in [-0.1, -0.05) is 40.0 Å². The summed E-state index contributed by atoms with van der Waals surface area (Å²) in [5, 5.41) is 3.82. The van der Waals surface area contributed by atoms with Crippen molar-refractivity contribution in [2.24, 2.45) is 15.4 Å². The first-order valence-electron chi connectivity index (χ1n) is 16.9. The van der Waals surface area contributed by atoms with Crippen molar-refractivity contribution in [3.8, 4) is 0 Å². The van der Waals surface area contributed by atoms with E-state index < -0.39 is 22.0 Å². The SMILES string of the molecule is CC(C)(C)CC(C)(C)N=c1nc2nc([nH]1)C1([N])C(=NC3CC(C)(C)NC(C)(C)C3)C(C)(C)N3CCCCCCC21C3(C)C. The highest BCUT2D eigenvalue weighted by molar-refractivity contribution is 6.04. The van der Waals surface area contributed by atoms with Crippen LogP contribution in [-0.4, -0.2) is 65.8 Å². The van der Waals surface area contributed by atoms with Gasteiger partial charge in [0.1, 0.15) is 11.6 Å². The highest BCUT2D eigenvalue weighted by Crippen LogP contribution is 2.62. The number of hydrogen-bond acceptors (Lipinski definition) is 6. The molecule has 0 saturated carbocycles. The van der Waals surface area contributed by atoms with Crippen LogP contribution in [0.4, 0.5) is 0 Å². The lowest BCUT2D eigenvalue weighted by Crippen LogP contribution is -2.80. The maximum Gasteiger partial charge on any atom is 0.225 e. The van der Waals surface area contributed by atoms with E-state index in [4.69, 9.17) is 20.0 Å². The molecule has 0 aromatic carbocycles. The fourth-order valence-electron chi connectivity index (χ4n) is 10.3. The Morgan fingerprint density at radius 2 is 1.49 bits per heavy atom. The van der Waals surface area contributed by atoms with Crippen molar-refractivity contribution in [1.29, 1.82) is 0 Å². The van der Waals surface area contributed by atoms with Gasteiger partial charge < -0.3 is 10.3 Å². The summed E-state index contributed by atoms with van der Waals surface area (Å²) in [6.45, 7) is 30.3. The number of aromatic amines is 1. The van der Waals surface area contributed by atoms with E-state index in [0.29, 0.717) is 11.4 Å². The highest BCUT2D eigenvalue weighted by atomic mass is 15.3. The Morgan fingerprint density at radius 1 is 0.884 bits per heavy atom. The maximum absolute atomic E-state index is 13.6. The molecule has 1 aromatic heterocycles.